The van der Waals surface area contributed by atoms with Crippen LogP contribution >= 0.6 is 11.6 Å². The molecule has 0 spiro atoms. The standard InChI is InChI=1S/C18H22ClN3O3/c1-4-5-8-20-18(23)12-6-7-17(21-11-12)22-14-10-15(24-2)13(19)9-16(14)25-3/h6-7,9-11H,4-5,8H2,1-3H3,(H,20,23)(H,21,22). The monoisotopic (exact) mass is 363 g/mol. The predicted molar refractivity (Wildman–Crippen MR) is 99.3 cm³/mol. The first-order valence-corrected chi connectivity index (χ1v) is 8.39. The van der Waals surface area contributed by atoms with Gasteiger partial charge >= 0.3 is 0 Å². The van der Waals surface area contributed by atoms with Gasteiger partial charge in [0.1, 0.15) is 17.3 Å². The van der Waals surface area contributed by atoms with E-state index in [2.05, 4.69) is 22.5 Å². The summed E-state index contributed by atoms with van der Waals surface area (Å²) in [5.74, 6) is 1.54. The summed E-state index contributed by atoms with van der Waals surface area (Å²) in [6, 6.07) is 6.85. The number of hydrogen-bond acceptors (Lipinski definition) is 5. The molecule has 1 aromatic carbocycles. The summed E-state index contributed by atoms with van der Waals surface area (Å²) in [4.78, 5) is 16.3. The highest BCUT2D eigenvalue weighted by molar-refractivity contribution is 6.32. The lowest BCUT2D eigenvalue weighted by molar-refractivity contribution is 0.0953. The molecule has 0 saturated carbocycles. The van der Waals surface area contributed by atoms with Gasteiger partial charge in [0.05, 0.1) is 30.5 Å². The third-order valence-corrected chi connectivity index (χ3v) is 3.87. The fraction of sp³-hybridized carbons (Fsp3) is 0.333. The molecule has 0 aliphatic heterocycles. The lowest BCUT2D eigenvalue weighted by Gasteiger charge is -2.13. The molecule has 2 N–H and O–H groups in total. The number of nitrogens with zero attached hydrogens (tertiary/aromatic N) is 1. The second-order valence-corrected chi connectivity index (χ2v) is 5.76. The molecule has 6 nitrogen and oxygen atoms in total. The van der Waals surface area contributed by atoms with Crippen LogP contribution in [0.15, 0.2) is 30.5 Å². The third kappa shape index (κ3) is 5.00. The van der Waals surface area contributed by atoms with Crippen LogP contribution in [0.2, 0.25) is 5.02 Å². The van der Waals surface area contributed by atoms with Crippen molar-refractivity contribution >= 4 is 29.0 Å². The van der Waals surface area contributed by atoms with Crippen molar-refractivity contribution in [3.8, 4) is 11.5 Å². The summed E-state index contributed by atoms with van der Waals surface area (Å²) < 4.78 is 10.5. The van der Waals surface area contributed by atoms with E-state index in [1.165, 1.54) is 6.20 Å². The first kappa shape index (κ1) is 18.9. The number of pyridine rings is 1. The van der Waals surface area contributed by atoms with E-state index in [1.54, 1.807) is 38.5 Å². The zero-order valence-corrected chi connectivity index (χ0v) is 15.3. The van der Waals surface area contributed by atoms with Crippen LogP contribution in [0.1, 0.15) is 30.1 Å². The number of amides is 1. The minimum Gasteiger partial charge on any atom is -0.495 e. The van der Waals surface area contributed by atoms with Gasteiger partial charge in [0.25, 0.3) is 5.91 Å². The Kier molecular flexibility index (Phi) is 6.89. The van der Waals surface area contributed by atoms with Crippen LogP contribution in [-0.4, -0.2) is 31.7 Å². The van der Waals surface area contributed by atoms with Gasteiger partial charge in [-0.1, -0.05) is 24.9 Å². The predicted octanol–water partition coefficient (Wildman–Crippen LogP) is 4.03. The van der Waals surface area contributed by atoms with Crippen molar-refractivity contribution in [3.63, 3.8) is 0 Å². The Morgan fingerprint density at radius 2 is 1.96 bits per heavy atom. The molecule has 0 radical (unpaired) electrons. The molecule has 0 atom stereocenters. The van der Waals surface area contributed by atoms with Crippen LogP contribution in [0.3, 0.4) is 0 Å². The molecule has 0 bridgehead atoms. The molecule has 0 fully saturated rings. The number of unbranched alkanes of at least 4 members (excludes halogenated alkanes) is 1. The molecule has 7 heteroatoms. The summed E-state index contributed by atoms with van der Waals surface area (Å²) in [5.41, 5.74) is 1.18. The molecule has 1 heterocycles. The number of aromatic nitrogens is 1. The lowest BCUT2D eigenvalue weighted by Crippen LogP contribution is -2.24. The van der Waals surface area contributed by atoms with E-state index in [0.717, 1.165) is 12.8 Å². The van der Waals surface area contributed by atoms with Crippen molar-refractivity contribution in [1.82, 2.24) is 10.3 Å². The summed E-state index contributed by atoms with van der Waals surface area (Å²) in [6.07, 6.45) is 3.52. The van der Waals surface area contributed by atoms with E-state index in [4.69, 9.17) is 21.1 Å². The maximum atomic E-state index is 12.0. The summed E-state index contributed by atoms with van der Waals surface area (Å²) in [7, 11) is 3.10. The molecular formula is C18H22ClN3O3. The molecule has 134 valence electrons. The highest BCUT2D eigenvalue weighted by Gasteiger charge is 2.11. The number of halogens is 1. The first-order valence-electron chi connectivity index (χ1n) is 8.01. The van der Waals surface area contributed by atoms with E-state index in [9.17, 15) is 4.79 Å². The van der Waals surface area contributed by atoms with Crippen LogP contribution in [0.4, 0.5) is 11.5 Å². The lowest BCUT2D eigenvalue weighted by atomic mass is 10.2. The van der Waals surface area contributed by atoms with Crippen LogP contribution in [0, 0.1) is 0 Å². The largest absolute Gasteiger partial charge is 0.495 e. The van der Waals surface area contributed by atoms with E-state index >= 15 is 0 Å². The highest BCUT2D eigenvalue weighted by Crippen LogP contribution is 2.37. The van der Waals surface area contributed by atoms with Crippen LogP contribution in [0.5, 0.6) is 11.5 Å². The second-order valence-electron chi connectivity index (χ2n) is 5.35. The maximum Gasteiger partial charge on any atom is 0.252 e. The average Bonchev–Trinajstić information content (AvgIpc) is 2.63. The fourth-order valence-corrected chi connectivity index (χ4v) is 2.41. The van der Waals surface area contributed by atoms with Gasteiger partial charge in [-0.05, 0) is 18.6 Å². The van der Waals surface area contributed by atoms with Crippen molar-refractivity contribution in [2.45, 2.75) is 19.8 Å². The minimum atomic E-state index is -0.127. The van der Waals surface area contributed by atoms with Crippen LogP contribution in [-0.2, 0) is 0 Å². The topological polar surface area (TPSA) is 72.5 Å². The van der Waals surface area contributed by atoms with Gasteiger partial charge in [-0.2, -0.15) is 0 Å². The number of hydrogen-bond donors (Lipinski definition) is 2. The van der Waals surface area contributed by atoms with Gasteiger partial charge < -0.3 is 20.1 Å². The Morgan fingerprint density at radius 3 is 2.56 bits per heavy atom. The van der Waals surface area contributed by atoms with E-state index < -0.39 is 0 Å². The SMILES string of the molecule is CCCCNC(=O)c1ccc(Nc2cc(OC)c(Cl)cc2OC)nc1. The molecule has 25 heavy (non-hydrogen) atoms. The van der Waals surface area contributed by atoms with Crippen LogP contribution in [0.25, 0.3) is 0 Å². The number of benzene rings is 1. The molecule has 0 saturated heterocycles. The number of rotatable bonds is 8. The summed E-state index contributed by atoms with van der Waals surface area (Å²) >= 11 is 6.10. The number of anilines is 2. The van der Waals surface area contributed by atoms with Gasteiger partial charge in [-0.15, -0.1) is 0 Å². The summed E-state index contributed by atoms with van der Waals surface area (Å²) in [5, 5.41) is 6.45. The highest BCUT2D eigenvalue weighted by atomic mass is 35.5. The van der Waals surface area contributed by atoms with E-state index in [-0.39, 0.29) is 5.91 Å². The number of nitrogens with one attached hydrogen (secondary N) is 2. The Morgan fingerprint density at radius 1 is 1.20 bits per heavy atom. The second kappa shape index (κ2) is 9.13. The molecule has 2 aromatic rings. The maximum absolute atomic E-state index is 12.0. The van der Waals surface area contributed by atoms with Gasteiger partial charge in [0.15, 0.2) is 0 Å². The van der Waals surface area contributed by atoms with Crippen molar-refractivity contribution in [2.24, 2.45) is 0 Å². The molecule has 1 amide bonds. The molecular weight excluding hydrogens is 342 g/mol. The summed E-state index contributed by atoms with van der Waals surface area (Å²) in [6.45, 7) is 2.74. The van der Waals surface area contributed by atoms with E-state index in [0.29, 0.717) is 40.1 Å². The van der Waals surface area contributed by atoms with Crippen LogP contribution < -0.4 is 20.1 Å². The first-order chi connectivity index (χ1) is 12.1. The Labute approximate surface area is 152 Å². The zero-order chi connectivity index (χ0) is 18.2. The molecule has 1 aromatic heterocycles. The van der Waals surface area contributed by atoms with E-state index in [1.807, 2.05) is 0 Å². The van der Waals surface area contributed by atoms with Gasteiger partial charge in [-0.25, -0.2) is 4.98 Å². The molecule has 0 unspecified atom stereocenters. The molecule has 0 aliphatic rings. The zero-order valence-electron chi connectivity index (χ0n) is 14.6. The van der Waals surface area contributed by atoms with Gasteiger partial charge in [0.2, 0.25) is 0 Å². The number of ether oxygens (including phenoxy) is 2. The smallest absolute Gasteiger partial charge is 0.252 e. The average molecular weight is 364 g/mol. The number of carbonyl (C=O) groups excluding carboxylic acids is 1. The van der Waals surface area contributed by atoms with Crippen molar-refractivity contribution in [2.75, 3.05) is 26.1 Å². The number of carbonyl (C=O) groups is 1. The normalized spacial score (nSPS) is 10.2. The van der Waals surface area contributed by atoms with Gasteiger partial charge in [0, 0.05) is 24.9 Å². The minimum absolute atomic E-state index is 0.127. The third-order valence-electron chi connectivity index (χ3n) is 3.58. The Bertz CT molecular complexity index is 720. The number of methoxy groups -OCH3 is 2. The quantitative estimate of drug-likeness (QED) is 0.693. The van der Waals surface area contributed by atoms with Crippen molar-refractivity contribution < 1.29 is 14.3 Å². The molecule has 2 rings (SSSR count). The Balaban J connectivity index is 2.12. The molecule has 0 aliphatic carbocycles. The van der Waals surface area contributed by atoms with Crippen molar-refractivity contribution in [1.29, 1.82) is 0 Å². The fourth-order valence-electron chi connectivity index (χ4n) is 2.18. The van der Waals surface area contributed by atoms with Crippen molar-refractivity contribution in [3.05, 3.63) is 41.0 Å². The Hall–Kier alpha value is -2.47. The van der Waals surface area contributed by atoms with Gasteiger partial charge in [-0.3, -0.25) is 4.79 Å².